The summed E-state index contributed by atoms with van der Waals surface area (Å²) in [6, 6.07) is 9.10. The van der Waals surface area contributed by atoms with Crippen molar-refractivity contribution in [3.8, 4) is 23.0 Å². The van der Waals surface area contributed by atoms with Crippen LogP contribution in [-0.2, 0) is 6.42 Å². The second-order valence-corrected chi connectivity index (χ2v) is 7.33. The zero-order valence-electron chi connectivity index (χ0n) is 16.4. The number of benzene rings is 2. The van der Waals surface area contributed by atoms with Crippen LogP contribution >= 0.6 is 15.9 Å². The molecular weight excluding hydrogens is 424 g/mol. The Hall–Kier alpha value is -2.47. The molecule has 28 heavy (non-hydrogen) atoms. The molecule has 6 heteroatoms. The van der Waals surface area contributed by atoms with Gasteiger partial charge in [0.05, 0.1) is 21.3 Å². The van der Waals surface area contributed by atoms with Gasteiger partial charge in [0.2, 0.25) is 5.75 Å². The molecule has 3 rings (SSSR count). The van der Waals surface area contributed by atoms with Gasteiger partial charge in [0.25, 0.3) is 0 Å². The number of hydrogen-bond acceptors (Lipinski definition) is 5. The molecule has 0 aliphatic carbocycles. The summed E-state index contributed by atoms with van der Waals surface area (Å²) in [6.07, 6.45) is 4.22. The molecule has 1 aliphatic heterocycles. The van der Waals surface area contributed by atoms with Gasteiger partial charge in [-0.05, 0) is 48.9 Å². The average molecular weight is 447 g/mol. The van der Waals surface area contributed by atoms with Crippen LogP contribution in [0.5, 0.6) is 23.0 Å². The molecule has 0 fully saturated rings. The third-order valence-corrected chi connectivity index (χ3v) is 5.76. The van der Waals surface area contributed by atoms with Crippen molar-refractivity contribution in [2.45, 2.75) is 18.9 Å². The number of methoxy groups -OCH3 is 3. The fraction of sp³-hybridized carbons (Fsp3) is 0.318. The number of hydrogen-bond donors (Lipinski definition) is 0. The Morgan fingerprint density at radius 1 is 1.07 bits per heavy atom. The van der Waals surface area contributed by atoms with Gasteiger partial charge in [-0.1, -0.05) is 22.0 Å². The minimum absolute atomic E-state index is 0.000648. The predicted octanol–water partition coefficient (Wildman–Crippen LogP) is 4.70. The van der Waals surface area contributed by atoms with Crippen LogP contribution in [0.25, 0.3) is 6.08 Å². The van der Waals surface area contributed by atoms with Crippen molar-refractivity contribution in [2.75, 3.05) is 26.7 Å². The topological polar surface area (TPSA) is 54.0 Å². The zero-order chi connectivity index (χ0) is 20.3. The van der Waals surface area contributed by atoms with Crippen LogP contribution in [0.2, 0.25) is 0 Å². The van der Waals surface area contributed by atoms with Crippen molar-refractivity contribution < 1.29 is 23.7 Å². The van der Waals surface area contributed by atoms with Crippen LogP contribution in [0.4, 0.5) is 0 Å². The van der Waals surface area contributed by atoms with E-state index in [9.17, 15) is 4.79 Å². The predicted molar refractivity (Wildman–Crippen MR) is 112 cm³/mol. The highest BCUT2D eigenvalue weighted by Crippen LogP contribution is 2.38. The highest BCUT2D eigenvalue weighted by molar-refractivity contribution is 9.09. The SMILES string of the molecule is COc1cc(CC(=O)c2ccc3c(c2)C=CC(C)(CBr)O3)cc(OC)c1OC. The highest BCUT2D eigenvalue weighted by atomic mass is 79.9. The Balaban J connectivity index is 1.85. The summed E-state index contributed by atoms with van der Waals surface area (Å²) >= 11 is 3.47. The molecule has 5 nitrogen and oxygen atoms in total. The Kier molecular flexibility index (Phi) is 5.98. The van der Waals surface area contributed by atoms with Crippen molar-refractivity contribution in [2.24, 2.45) is 0 Å². The van der Waals surface area contributed by atoms with E-state index in [4.69, 9.17) is 18.9 Å². The number of rotatable bonds is 7. The average Bonchev–Trinajstić information content (AvgIpc) is 2.72. The molecule has 0 bridgehead atoms. The molecule has 0 spiro atoms. The van der Waals surface area contributed by atoms with Gasteiger partial charge in [-0.2, -0.15) is 0 Å². The second kappa shape index (κ2) is 8.27. The summed E-state index contributed by atoms with van der Waals surface area (Å²) < 4.78 is 22.1. The van der Waals surface area contributed by atoms with Crippen molar-refractivity contribution in [1.82, 2.24) is 0 Å². The number of fused-ring (bicyclic) bond motifs is 1. The van der Waals surface area contributed by atoms with Gasteiger partial charge in [0, 0.05) is 22.9 Å². The van der Waals surface area contributed by atoms with E-state index in [1.165, 1.54) is 0 Å². The standard InChI is InChI=1S/C22H23BrO5/c1-22(13-23)8-7-16-12-15(5-6-18(16)28-22)17(24)9-14-10-19(25-2)21(27-4)20(11-14)26-3/h5-8,10-12H,9,13H2,1-4H3. The van der Waals surface area contributed by atoms with Gasteiger partial charge >= 0.3 is 0 Å². The second-order valence-electron chi connectivity index (χ2n) is 6.77. The third-order valence-electron chi connectivity index (χ3n) is 4.64. The molecule has 0 N–H and O–H groups in total. The Morgan fingerprint density at radius 2 is 1.75 bits per heavy atom. The first-order valence-corrected chi connectivity index (χ1v) is 9.95. The monoisotopic (exact) mass is 446 g/mol. The first-order chi connectivity index (χ1) is 13.4. The van der Waals surface area contributed by atoms with Crippen LogP contribution in [0.1, 0.15) is 28.4 Å². The number of alkyl halides is 1. The van der Waals surface area contributed by atoms with Crippen LogP contribution in [-0.4, -0.2) is 38.0 Å². The lowest BCUT2D eigenvalue weighted by molar-refractivity contribution is 0.0992. The van der Waals surface area contributed by atoms with Gasteiger partial charge in [-0.25, -0.2) is 0 Å². The lowest BCUT2D eigenvalue weighted by Gasteiger charge is -2.30. The van der Waals surface area contributed by atoms with Crippen LogP contribution in [0.15, 0.2) is 36.4 Å². The highest BCUT2D eigenvalue weighted by Gasteiger charge is 2.26. The van der Waals surface area contributed by atoms with Crippen molar-refractivity contribution in [3.63, 3.8) is 0 Å². The molecule has 2 aromatic rings. The van der Waals surface area contributed by atoms with E-state index in [2.05, 4.69) is 15.9 Å². The molecule has 2 aromatic carbocycles. The summed E-state index contributed by atoms with van der Waals surface area (Å²) in [6.45, 7) is 2.00. The maximum absolute atomic E-state index is 12.9. The summed E-state index contributed by atoms with van der Waals surface area (Å²) in [5.74, 6) is 2.33. The van der Waals surface area contributed by atoms with E-state index >= 15 is 0 Å². The van der Waals surface area contributed by atoms with E-state index < -0.39 is 0 Å². The lowest BCUT2D eigenvalue weighted by Crippen LogP contribution is -2.33. The van der Waals surface area contributed by atoms with Gasteiger partial charge in [0.1, 0.15) is 11.4 Å². The molecular formula is C22H23BrO5. The third kappa shape index (κ3) is 4.02. The molecule has 0 saturated heterocycles. The minimum Gasteiger partial charge on any atom is -0.493 e. The molecule has 1 heterocycles. The Morgan fingerprint density at radius 3 is 2.32 bits per heavy atom. The molecule has 0 radical (unpaired) electrons. The largest absolute Gasteiger partial charge is 0.493 e. The van der Waals surface area contributed by atoms with E-state index in [0.29, 0.717) is 28.1 Å². The maximum atomic E-state index is 12.9. The van der Waals surface area contributed by atoms with E-state index in [1.807, 2.05) is 31.2 Å². The summed E-state index contributed by atoms with van der Waals surface area (Å²) in [7, 11) is 4.66. The van der Waals surface area contributed by atoms with Gasteiger partial charge in [-0.3, -0.25) is 4.79 Å². The molecule has 148 valence electrons. The zero-order valence-corrected chi connectivity index (χ0v) is 18.0. The number of ether oxygens (including phenoxy) is 4. The quantitative estimate of drug-likeness (QED) is 0.455. The Bertz CT molecular complexity index is 896. The van der Waals surface area contributed by atoms with Crippen LogP contribution < -0.4 is 18.9 Å². The first kappa shape index (κ1) is 20.3. The number of carbonyl (C=O) groups excluding carboxylic acids is 1. The van der Waals surface area contributed by atoms with Gasteiger partial charge < -0.3 is 18.9 Å². The molecule has 1 unspecified atom stereocenters. The van der Waals surface area contributed by atoms with Crippen LogP contribution in [0, 0.1) is 0 Å². The molecule has 0 amide bonds. The number of ketones is 1. The van der Waals surface area contributed by atoms with Gasteiger partial charge in [-0.15, -0.1) is 0 Å². The molecule has 1 atom stereocenters. The minimum atomic E-state index is -0.380. The maximum Gasteiger partial charge on any atom is 0.203 e. The summed E-state index contributed by atoms with van der Waals surface area (Å²) in [5, 5.41) is 0.692. The van der Waals surface area contributed by atoms with Crippen molar-refractivity contribution >= 4 is 27.8 Å². The normalized spacial score (nSPS) is 17.5. The molecule has 1 aliphatic rings. The lowest BCUT2D eigenvalue weighted by atomic mass is 9.97. The fourth-order valence-electron chi connectivity index (χ4n) is 3.09. The van der Waals surface area contributed by atoms with E-state index in [0.717, 1.165) is 16.9 Å². The number of carbonyl (C=O) groups is 1. The van der Waals surface area contributed by atoms with E-state index in [1.54, 1.807) is 39.5 Å². The first-order valence-electron chi connectivity index (χ1n) is 8.83. The number of Topliss-reactive ketones (excluding diaryl/α,β-unsaturated/α-hetero) is 1. The molecule has 0 aromatic heterocycles. The smallest absolute Gasteiger partial charge is 0.203 e. The molecule has 0 saturated carbocycles. The fourth-order valence-corrected chi connectivity index (χ4v) is 3.39. The van der Waals surface area contributed by atoms with Crippen LogP contribution in [0.3, 0.4) is 0 Å². The van der Waals surface area contributed by atoms with Crippen molar-refractivity contribution in [3.05, 3.63) is 53.1 Å². The Labute approximate surface area is 173 Å². The van der Waals surface area contributed by atoms with Crippen molar-refractivity contribution in [1.29, 1.82) is 0 Å². The summed E-state index contributed by atoms with van der Waals surface area (Å²) in [5.41, 5.74) is 1.93. The number of halogens is 1. The van der Waals surface area contributed by atoms with Gasteiger partial charge in [0.15, 0.2) is 17.3 Å². The van der Waals surface area contributed by atoms with E-state index in [-0.39, 0.29) is 17.8 Å². The summed E-state index contributed by atoms with van der Waals surface area (Å²) in [4.78, 5) is 12.9.